The molecule has 3 nitrogen and oxygen atoms in total. The van der Waals surface area contributed by atoms with E-state index in [-0.39, 0.29) is 0 Å². The van der Waals surface area contributed by atoms with Crippen LogP contribution in [0.3, 0.4) is 0 Å². The van der Waals surface area contributed by atoms with E-state index in [2.05, 4.69) is 30.2 Å². The molecule has 0 amide bonds. The van der Waals surface area contributed by atoms with E-state index in [1.54, 1.807) is 0 Å². The van der Waals surface area contributed by atoms with Gasteiger partial charge in [0.2, 0.25) is 0 Å². The first-order valence-electron chi connectivity index (χ1n) is 7.06. The van der Waals surface area contributed by atoms with Gasteiger partial charge in [0.25, 0.3) is 0 Å². The Bertz CT molecular complexity index is 494. The number of ether oxygens (including phenoxy) is 1. The van der Waals surface area contributed by atoms with E-state index in [1.807, 2.05) is 42.6 Å². The van der Waals surface area contributed by atoms with Gasteiger partial charge in [-0.05, 0) is 36.2 Å². The Morgan fingerprint density at radius 2 is 1.90 bits per heavy atom. The van der Waals surface area contributed by atoms with Crippen molar-refractivity contribution in [2.45, 2.75) is 27.0 Å². The third-order valence-corrected chi connectivity index (χ3v) is 2.90. The minimum atomic E-state index is 0.504. The summed E-state index contributed by atoms with van der Waals surface area (Å²) in [6, 6.07) is 13.9. The SMILES string of the molecule is CC(C)CNCc1ccc(COc2ccccc2)nc1. The van der Waals surface area contributed by atoms with E-state index < -0.39 is 0 Å². The second-order valence-electron chi connectivity index (χ2n) is 5.28. The molecule has 0 saturated heterocycles. The smallest absolute Gasteiger partial charge is 0.130 e. The maximum Gasteiger partial charge on any atom is 0.130 e. The van der Waals surface area contributed by atoms with Crippen LogP contribution >= 0.6 is 0 Å². The first kappa shape index (κ1) is 14.5. The summed E-state index contributed by atoms with van der Waals surface area (Å²) in [5.74, 6) is 1.54. The third kappa shape index (κ3) is 5.02. The molecule has 0 saturated carbocycles. The molecule has 1 N–H and O–H groups in total. The summed E-state index contributed by atoms with van der Waals surface area (Å²) in [5, 5.41) is 3.41. The normalized spacial score (nSPS) is 10.8. The van der Waals surface area contributed by atoms with Crippen LogP contribution in [0.1, 0.15) is 25.1 Å². The van der Waals surface area contributed by atoms with E-state index >= 15 is 0 Å². The summed E-state index contributed by atoms with van der Waals surface area (Å²) in [7, 11) is 0. The van der Waals surface area contributed by atoms with Crippen molar-refractivity contribution in [3.8, 4) is 5.75 Å². The van der Waals surface area contributed by atoms with Gasteiger partial charge in [-0.25, -0.2) is 0 Å². The Labute approximate surface area is 121 Å². The van der Waals surface area contributed by atoms with Gasteiger partial charge in [-0.15, -0.1) is 0 Å². The molecule has 0 fully saturated rings. The first-order chi connectivity index (χ1) is 9.74. The maximum atomic E-state index is 5.67. The molecule has 3 heteroatoms. The Morgan fingerprint density at radius 1 is 1.10 bits per heavy atom. The molecule has 0 aliphatic carbocycles. The topological polar surface area (TPSA) is 34.1 Å². The van der Waals surface area contributed by atoms with Gasteiger partial charge in [0, 0.05) is 12.7 Å². The summed E-state index contributed by atoms with van der Waals surface area (Å²) < 4.78 is 5.67. The standard InChI is InChI=1S/C17H22N2O/c1-14(2)10-18-11-15-8-9-16(19-12-15)13-20-17-6-4-3-5-7-17/h3-9,12,14,18H,10-11,13H2,1-2H3. The summed E-state index contributed by atoms with van der Waals surface area (Å²) in [6.07, 6.45) is 1.91. The monoisotopic (exact) mass is 270 g/mol. The number of aromatic nitrogens is 1. The van der Waals surface area contributed by atoms with Crippen molar-refractivity contribution in [1.82, 2.24) is 10.3 Å². The lowest BCUT2D eigenvalue weighted by molar-refractivity contribution is 0.301. The highest BCUT2D eigenvalue weighted by Crippen LogP contribution is 2.10. The second kappa shape index (κ2) is 7.65. The zero-order chi connectivity index (χ0) is 14.2. The van der Waals surface area contributed by atoms with Gasteiger partial charge in [-0.2, -0.15) is 0 Å². The number of nitrogens with one attached hydrogen (secondary N) is 1. The molecule has 0 spiro atoms. The van der Waals surface area contributed by atoms with E-state index in [0.717, 1.165) is 24.5 Å². The average molecular weight is 270 g/mol. The predicted octanol–water partition coefficient (Wildman–Crippen LogP) is 3.41. The molecule has 0 aliphatic rings. The van der Waals surface area contributed by atoms with Crippen molar-refractivity contribution in [3.05, 3.63) is 59.9 Å². The van der Waals surface area contributed by atoms with Crippen molar-refractivity contribution in [3.63, 3.8) is 0 Å². The van der Waals surface area contributed by atoms with Crippen LogP contribution in [0.2, 0.25) is 0 Å². The number of hydrogen-bond acceptors (Lipinski definition) is 3. The number of nitrogens with zero attached hydrogens (tertiary/aromatic N) is 1. The average Bonchev–Trinajstić information content (AvgIpc) is 2.47. The fourth-order valence-corrected chi connectivity index (χ4v) is 1.82. The van der Waals surface area contributed by atoms with Gasteiger partial charge in [0.05, 0.1) is 5.69 Å². The highest BCUT2D eigenvalue weighted by atomic mass is 16.5. The van der Waals surface area contributed by atoms with Crippen molar-refractivity contribution < 1.29 is 4.74 Å². The highest BCUT2D eigenvalue weighted by molar-refractivity contribution is 5.21. The van der Waals surface area contributed by atoms with Gasteiger partial charge in [-0.3, -0.25) is 4.98 Å². The van der Waals surface area contributed by atoms with Crippen LogP contribution in [0.25, 0.3) is 0 Å². The van der Waals surface area contributed by atoms with Crippen LogP contribution in [0.5, 0.6) is 5.75 Å². The minimum Gasteiger partial charge on any atom is -0.487 e. The largest absolute Gasteiger partial charge is 0.487 e. The molecule has 1 aromatic heterocycles. The Balaban J connectivity index is 1.79. The Kier molecular flexibility index (Phi) is 5.56. The number of benzene rings is 1. The maximum absolute atomic E-state index is 5.67. The molecule has 2 rings (SSSR count). The van der Waals surface area contributed by atoms with Gasteiger partial charge >= 0.3 is 0 Å². The molecule has 2 aromatic rings. The number of pyridine rings is 1. The number of para-hydroxylation sites is 1. The lowest BCUT2D eigenvalue weighted by Gasteiger charge is -2.08. The van der Waals surface area contributed by atoms with Crippen LogP contribution in [0.15, 0.2) is 48.7 Å². The van der Waals surface area contributed by atoms with Gasteiger partial charge in [-0.1, -0.05) is 38.1 Å². The van der Waals surface area contributed by atoms with Crippen LogP contribution in [0, 0.1) is 5.92 Å². The van der Waals surface area contributed by atoms with Gasteiger partial charge in [0.15, 0.2) is 0 Å². The molecule has 20 heavy (non-hydrogen) atoms. The van der Waals surface area contributed by atoms with E-state index in [1.165, 1.54) is 5.56 Å². The Morgan fingerprint density at radius 3 is 2.55 bits per heavy atom. The van der Waals surface area contributed by atoms with E-state index in [4.69, 9.17) is 4.74 Å². The summed E-state index contributed by atoms with van der Waals surface area (Å²) in [6.45, 7) is 6.80. The van der Waals surface area contributed by atoms with Gasteiger partial charge in [0.1, 0.15) is 12.4 Å². The van der Waals surface area contributed by atoms with E-state index in [0.29, 0.717) is 12.5 Å². The zero-order valence-corrected chi connectivity index (χ0v) is 12.2. The van der Waals surface area contributed by atoms with Crippen LogP contribution in [-0.2, 0) is 13.2 Å². The van der Waals surface area contributed by atoms with Crippen LogP contribution in [-0.4, -0.2) is 11.5 Å². The molecule has 0 aliphatic heterocycles. The minimum absolute atomic E-state index is 0.504. The second-order valence-corrected chi connectivity index (χ2v) is 5.28. The molecule has 106 valence electrons. The lowest BCUT2D eigenvalue weighted by atomic mass is 10.2. The highest BCUT2D eigenvalue weighted by Gasteiger charge is 1.99. The quantitative estimate of drug-likeness (QED) is 0.837. The molecule has 1 aromatic carbocycles. The lowest BCUT2D eigenvalue weighted by Crippen LogP contribution is -2.19. The molecule has 1 heterocycles. The van der Waals surface area contributed by atoms with Crippen LogP contribution < -0.4 is 10.1 Å². The molecular formula is C17H22N2O. The first-order valence-corrected chi connectivity index (χ1v) is 7.06. The molecule has 0 unspecified atom stereocenters. The fraction of sp³-hybridized carbons (Fsp3) is 0.353. The summed E-state index contributed by atoms with van der Waals surface area (Å²) in [5.41, 5.74) is 2.15. The van der Waals surface area contributed by atoms with Crippen molar-refractivity contribution in [2.75, 3.05) is 6.54 Å². The molecule has 0 radical (unpaired) electrons. The fourth-order valence-electron chi connectivity index (χ4n) is 1.82. The van der Waals surface area contributed by atoms with Crippen molar-refractivity contribution in [1.29, 1.82) is 0 Å². The van der Waals surface area contributed by atoms with E-state index in [9.17, 15) is 0 Å². The Hall–Kier alpha value is -1.87. The summed E-state index contributed by atoms with van der Waals surface area (Å²) in [4.78, 5) is 4.43. The number of rotatable bonds is 7. The van der Waals surface area contributed by atoms with Gasteiger partial charge < -0.3 is 10.1 Å². The zero-order valence-electron chi connectivity index (χ0n) is 12.2. The van der Waals surface area contributed by atoms with Crippen LogP contribution in [0.4, 0.5) is 0 Å². The van der Waals surface area contributed by atoms with Crippen molar-refractivity contribution >= 4 is 0 Å². The number of hydrogen-bond donors (Lipinski definition) is 1. The predicted molar refractivity (Wildman–Crippen MR) is 81.6 cm³/mol. The molecular weight excluding hydrogens is 248 g/mol. The summed E-state index contributed by atoms with van der Waals surface area (Å²) >= 11 is 0. The molecule has 0 bridgehead atoms. The third-order valence-electron chi connectivity index (χ3n) is 2.90. The van der Waals surface area contributed by atoms with Crippen molar-refractivity contribution in [2.24, 2.45) is 5.92 Å². The molecule has 0 atom stereocenters.